The van der Waals surface area contributed by atoms with Crippen molar-refractivity contribution in [3.63, 3.8) is 0 Å². The zero-order valence-corrected chi connectivity index (χ0v) is 16.7. The first-order valence-corrected chi connectivity index (χ1v) is 10.5. The average molecular weight is 412 g/mol. The Kier molecular flexibility index (Phi) is 5.61. The van der Waals surface area contributed by atoms with E-state index in [2.05, 4.69) is 0 Å². The predicted octanol–water partition coefficient (Wildman–Crippen LogP) is 5.31. The predicted molar refractivity (Wildman–Crippen MR) is 105 cm³/mol. The molecule has 1 aliphatic rings. The van der Waals surface area contributed by atoms with Crippen LogP contribution in [0.3, 0.4) is 0 Å². The number of benzene rings is 2. The fraction of sp³-hybridized carbons (Fsp3) is 0.316. The third-order valence-corrected chi connectivity index (χ3v) is 6.63. The van der Waals surface area contributed by atoms with Gasteiger partial charge in [0.1, 0.15) is 0 Å². The molecular weight excluding hydrogens is 393 g/mol. The van der Waals surface area contributed by atoms with Crippen molar-refractivity contribution in [1.29, 1.82) is 0 Å². The Morgan fingerprint density at radius 2 is 1.85 bits per heavy atom. The van der Waals surface area contributed by atoms with E-state index in [1.807, 2.05) is 30.3 Å². The molecule has 1 unspecified atom stereocenters. The summed E-state index contributed by atoms with van der Waals surface area (Å²) in [5.41, 5.74) is 2.97. The summed E-state index contributed by atoms with van der Waals surface area (Å²) in [5, 5.41) is 10.4. The number of fused-ring (bicyclic) bond motifs is 1. The highest BCUT2D eigenvalue weighted by atomic mass is 35.5. The lowest BCUT2D eigenvalue weighted by atomic mass is 9.76. The molecule has 0 heterocycles. The number of hydrogen-bond acceptors (Lipinski definition) is 2. The van der Waals surface area contributed by atoms with Gasteiger partial charge < -0.3 is 10.0 Å². The van der Waals surface area contributed by atoms with E-state index in [1.54, 1.807) is 19.4 Å². The minimum absolute atomic E-state index is 0.0571. The quantitative estimate of drug-likeness (QED) is 0.744. The Labute approximate surface area is 165 Å². The summed E-state index contributed by atoms with van der Waals surface area (Å²) in [6, 6.07) is 11.0. The standard InChI is InChI=1S/C19H19Cl2NO3S/c1-22(19(23)24)18-8-6-13(11-3-7-16(20)17(21)9-11)15-10-12(26(2)25)4-5-14(15)18/h3-5,7,9-10,13,18H,6,8H2,1-2H3,(H,23,24)/t13-,18-,26?/m0/s1. The van der Waals surface area contributed by atoms with Gasteiger partial charge in [-0.2, -0.15) is 0 Å². The summed E-state index contributed by atoms with van der Waals surface area (Å²) in [7, 11) is 0.471. The molecular formula is C19H19Cl2NO3S. The van der Waals surface area contributed by atoms with Crippen LogP contribution in [0.4, 0.5) is 4.79 Å². The molecule has 3 atom stereocenters. The molecule has 0 aromatic heterocycles. The van der Waals surface area contributed by atoms with Crippen molar-refractivity contribution < 1.29 is 14.1 Å². The van der Waals surface area contributed by atoms with Crippen molar-refractivity contribution in [2.24, 2.45) is 0 Å². The highest BCUT2D eigenvalue weighted by Crippen LogP contribution is 2.44. The number of carboxylic acid groups (broad SMARTS) is 1. The van der Waals surface area contributed by atoms with E-state index in [9.17, 15) is 14.1 Å². The normalized spacial score (nSPS) is 20.3. The van der Waals surface area contributed by atoms with Gasteiger partial charge in [0.15, 0.2) is 0 Å². The van der Waals surface area contributed by atoms with Crippen LogP contribution >= 0.6 is 23.2 Å². The third-order valence-electron chi connectivity index (χ3n) is 4.97. The molecule has 1 amide bonds. The second-order valence-electron chi connectivity index (χ2n) is 6.46. The van der Waals surface area contributed by atoms with E-state index in [0.29, 0.717) is 16.5 Å². The molecule has 0 spiro atoms. The van der Waals surface area contributed by atoms with Crippen LogP contribution in [0.25, 0.3) is 0 Å². The van der Waals surface area contributed by atoms with Gasteiger partial charge >= 0.3 is 6.09 Å². The van der Waals surface area contributed by atoms with Crippen molar-refractivity contribution in [2.75, 3.05) is 13.3 Å². The van der Waals surface area contributed by atoms with Gasteiger partial charge in [-0.05, 0) is 53.8 Å². The first-order valence-electron chi connectivity index (χ1n) is 8.17. The van der Waals surface area contributed by atoms with Crippen molar-refractivity contribution in [1.82, 2.24) is 4.90 Å². The summed E-state index contributed by atoms with van der Waals surface area (Å²) in [6.07, 6.45) is 2.15. The number of rotatable bonds is 3. The number of hydrogen-bond donors (Lipinski definition) is 1. The fourth-order valence-electron chi connectivity index (χ4n) is 3.58. The number of amides is 1. The molecule has 0 radical (unpaired) electrons. The van der Waals surface area contributed by atoms with E-state index in [1.165, 1.54) is 4.90 Å². The minimum atomic E-state index is -1.11. The molecule has 3 rings (SSSR count). The smallest absolute Gasteiger partial charge is 0.407 e. The molecule has 0 saturated carbocycles. The Morgan fingerprint density at radius 3 is 2.46 bits per heavy atom. The molecule has 2 aromatic rings. The second kappa shape index (κ2) is 7.59. The SMILES string of the molecule is CN(C(=O)O)[C@H]1CC[C@@H](c2ccc(Cl)c(Cl)c2)c2cc(S(C)=O)ccc21. The van der Waals surface area contributed by atoms with Crippen molar-refractivity contribution in [2.45, 2.75) is 29.7 Å². The summed E-state index contributed by atoms with van der Waals surface area (Å²) < 4.78 is 12.0. The van der Waals surface area contributed by atoms with E-state index in [4.69, 9.17) is 23.2 Å². The van der Waals surface area contributed by atoms with Gasteiger partial charge in [0, 0.05) is 34.9 Å². The van der Waals surface area contributed by atoms with Crippen LogP contribution in [0, 0.1) is 0 Å². The zero-order chi connectivity index (χ0) is 19.0. The lowest BCUT2D eigenvalue weighted by Crippen LogP contribution is -2.33. The van der Waals surface area contributed by atoms with Crippen molar-refractivity contribution >= 4 is 40.1 Å². The molecule has 26 heavy (non-hydrogen) atoms. The Bertz CT molecular complexity index is 887. The Balaban J connectivity index is 2.12. The van der Waals surface area contributed by atoms with Crippen molar-refractivity contribution in [3.05, 3.63) is 63.1 Å². The molecule has 138 valence electrons. The molecule has 0 bridgehead atoms. The first kappa shape index (κ1) is 19.2. The third kappa shape index (κ3) is 3.61. The maximum Gasteiger partial charge on any atom is 0.407 e. The number of carbonyl (C=O) groups is 1. The highest BCUT2D eigenvalue weighted by molar-refractivity contribution is 7.84. The monoisotopic (exact) mass is 411 g/mol. The molecule has 2 aromatic carbocycles. The zero-order valence-electron chi connectivity index (χ0n) is 14.4. The van der Waals surface area contributed by atoms with Gasteiger partial charge in [-0.15, -0.1) is 0 Å². The second-order valence-corrected chi connectivity index (χ2v) is 8.65. The summed E-state index contributed by atoms with van der Waals surface area (Å²) in [5.74, 6) is 0.0571. The Hall–Kier alpha value is -1.56. The molecule has 0 fully saturated rings. The van der Waals surface area contributed by atoms with Gasteiger partial charge in [-0.3, -0.25) is 4.21 Å². The van der Waals surface area contributed by atoms with Gasteiger partial charge in [0.05, 0.1) is 16.1 Å². The maximum absolute atomic E-state index is 12.0. The molecule has 7 heteroatoms. The van der Waals surface area contributed by atoms with Crippen LogP contribution in [0.15, 0.2) is 41.3 Å². The van der Waals surface area contributed by atoms with E-state index >= 15 is 0 Å². The molecule has 4 nitrogen and oxygen atoms in total. The maximum atomic E-state index is 12.0. The van der Waals surface area contributed by atoms with Crippen LogP contribution in [-0.2, 0) is 10.8 Å². The molecule has 0 saturated heterocycles. The lowest BCUT2D eigenvalue weighted by molar-refractivity contribution is 0.132. The highest BCUT2D eigenvalue weighted by Gasteiger charge is 2.32. The van der Waals surface area contributed by atoms with Crippen LogP contribution in [0.5, 0.6) is 0 Å². The molecule has 0 aliphatic heterocycles. The van der Waals surface area contributed by atoms with Crippen LogP contribution in [0.1, 0.15) is 41.5 Å². The first-order chi connectivity index (χ1) is 12.3. The van der Waals surface area contributed by atoms with Crippen LogP contribution in [0.2, 0.25) is 10.0 Å². The van der Waals surface area contributed by atoms with E-state index in [-0.39, 0.29) is 12.0 Å². The topological polar surface area (TPSA) is 57.6 Å². The van der Waals surface area contributed by atoms with E-state index < -0.39 is 16.9 Å². The molecule has 1 aliphatic carbocycles. The van der Waals surface area contributed by atoms with Gasteiger partial charge in [-0.25, -0.2) is 4.79 Å². The van der Waals surface area contributed by atoms with Gasteiger partial charge in [-0.1, -0.05) is 35.3 Å². The summed E-state index contributed by atoms with van der Waals surface area (Å²) in [6.45, 7) is 0. The average Bonchev–Trinajstić information content (AvgIpc) is 2.62. The Morgan fingerprint density at radius 1 is 1.12 bits per heavy atom. The minimum Gasteiger partial charge on any atom is -0.465 e. The summed E-state index contributed by atoms with van der Waals surface area (Å²) in [4.78, 5) is 13.5. The van der Waals surface area contributed by atoms with Crippen molar-refractivity contribution in [3.8, 4) is 0 Å². The fourth-order valence-corrected chi connectivity index (χ4v) is 4.44. The van der Waals surface area contributed by atoms with Crippen LogP contribution in [-0.4, -0.2) is 33.6 Å². The van der Waals surface area contributed by atoms with Gasteiger partial charge in [0.2, 0.25) is 0 Å². The molecule has 1 N–H and O–H groups in total. The number of halogens is 2. The number of nitrogens with zero attached hydrogens (tertiary/aromatic N) is 1. The van der Waals surface area contributed by atoms with E-state index in [0.717, 1.165) is 28.0 Å². The largest absolute Gasteiger partial charge is 0.465 e. The van der Waals surface area contributed by atoms with Gasteiger partial charge in [0.25, 0.3) is 0 Å². The summed E-state index contributed by atoms with van der Waals surface area (Å²) >= 11 is 12.2. The lowest BCUT2D eigenvalue weighted by Gasteiger charge is -2.36. The van der Waals surface area contributed by atoms with Crippen LogP contribution < -0.4 is 0 Å².